The van der Waals surface area contributed by atoms with Gasteiger partial charge >= 0.3 is 0 Å². The maximum atomic E-state index is 12.6. The van der Waals surface area contributed by atoms with E-state index in [0.717, 1.165) is 154 Å². The Hall–Kier alpha value is -16.9. The first-order valence-corrected chi connectivity index (χ1v) is 49.9. The zero-order valence-corrected chi connectivity index (χ0v) is 82.2. The molecule has 0 fully saturated rings. The number of halogens is 2. The first-order chi connectivity index (χ1) is 69.0. The number of hydrogen-bond donors (Lipinski definition) is 13. The Bertz CT molecular complexity index is 7960. The summed E-state index contributed by atoms with van der Waals surface area (Å²) in [5, 5.41) is 51.3. The van der Waals surface area contributed by atoms with Crippen LogP contribution in [0.25, 0.3) is 6.08 Å². The van der Waals surface area contributed by atoms with Crippen molar-refractivity contribution < 1.29 is 79.0 Å². The van der Waals surface area contributed by atoms with Crippen LogP contribution in [-0.2, 0) is 62.5 Å². The van der Waals surface area contributed by atoms with Crippen molar-refractivity contribution in [1.82, 2.24) is 0 Å². The number of nitrogen functional groups attached to an aromatic ring is 1. The molecule has 0 aromatic heterocycles. The summed E-state index contributed by atoms with van der Waals surface area (Å²) < 4.78 is 104. The number of rotatable bonds is 30. The van der Waals surface area contributed by atoms with E-state index in [0.29, 0.717) is 41.0 Å². The summed E-state index contributed by atoms with van der Waals surface area (Å²) in [6, 6.07) is 103. The fourth-order valence-electron chi connectivity index (χ4n) is 15.9. The van der Waals surface area contributed by atoms with Gasteiger partial charge in [0.1, 0.15) is 31.9 Å². The van der Waals surface area contributed by atoms with Crippen molar-refractivity contribution >= 4 is 162 Å². The number of nitrogens with zero attached hydrogens (tertiary/aromatic N) is 5. The molecule has 29 heteroatoms. The smallest absolute Gasteiger partial charge is 0.296 e. The number of para-hydroxylation sites is 1. The van der Waals surface area contributed by atoms with E-state index in [1.807, 2.05) is 292 Å². The van der Waals surface area contributed by atoms with E-state index in [4.69, 9.17) is 20.7 Å². The summed E-state index contributed by atoms with van der Waals surface area (Å²) in [5.41, 5.74) is 32.4. The van der Waals surface area contributed by atoms with Crippen LogP contribution in [-0.4, -0.2) is 89.8 Å². The summed E-state index contributed by atoms with van der Waals surface area (Å²) in [6.07, 6.45) is 28.1. The number of nitrogens with two attached hydrogens (primary N) is 1. The van der Waals surface area contributed by atoms with Gasteiger partial charge < -0.3 is 77.8 Å². The fourth-order valence-corrected chi connectivity index (χ4v) is 17.9. The number of aromatic hydroxyl groups is 3. The summed E-state index contributed by atoms with van der Waals surface area (Å²) in [5.74, 6) is -0.536. The maximum Gasteiger partial charge on any atom is 0.296 e. The first-order valence-electron chi connectivity index (χ1n) is 45.6. The predicted molar refractivity (Wildman–Crippen MR) is 578 cm³/mol. The van der Waals surface area contributed by atoms with Crippen molar-refractivity contribution in [2.75, 3.05) is 44.7 Å². The highest BCUT2D eigenvalue weighted by Crippen LogP contribution is 2.39. The molecule has 18 rings (SSSR count). The zero-order valence-electron chi connectivity index (χ0n) is 78.2. The molecule has 0 saturated carbocycles. The van der Waals surface area contributed by atoms with Crippen LogP contribution in [0.4, 0.5) is 96.7 Å². The lowest BCUT2D eigenvalue weighted by molar-refractivity contribution is -0.00100. The zero-order chi connectivity index (χ0) is 99.6. The molecule has 0 unspecified atom stereocenters. The number of phenols is 3. The van der Waals surface area contributed by atoms with E-state index in [-0.39, 0.29) is 87.4 Å². The predicted octanol–water partition coefficient (Wildman–Crippen LogP) is 20.1. The number of aliphatic imine (C=N–C) groups is 5. The van der Waals surface area contributed by atoms with E-state index in [1.54, 1.807) is 19.2 Å². The molecule has 0 heterocycles. The Labute approximate surface area is 854 Å². The van der Waals surface area contributed by atoms with Crippen LogP contribution in [0.1, 0.15) is 66.8 Å². The number of allylic oxidation sites excluding steroid dienone is 13. The molecule has 0 atom stereocenters. The second kappa shape index (κ2) is 46.7. The van der Waals surface area contributed by atoms with Gasteiger partial charge in [-0.15, -0.1) is 0 Å². The van der Waals surface area contributed by atoms with E-state index in [1.165, 1.54) is 35.4 Å². The second-order valence-corrected chi connectivity index (χ2v) is 38.4. The molecule has 15 aromatic rings. The highest BCUT2D eigenvalue weighted by atomic mass is 35.5. The number of aryl methyl sites for hydroxylation is 1. The molecule has 15 aromatic carbocycles. The van der Waals surface area contributed by atoms with Gasteiger partial charge in [0.25, 0.3) is 30.4 Å². The lowest BCUT2D eigenvalue weighted by Gasteiger charge is -2.15. The molecule has 3 aliphatic carbocycles. The van der Waals surface area contributed by atoms with Crippen LogP contribution in [0.3, 0.4) is 0 Å². The van der Waals surface area contributed by atoms with E-state index >= 15 is 0 Å². The van der Waals surface area contributed by atoms with Gasteiger partial charge in [0.05, 0.1) is 74.1 Å². The van der Waals surface area contributed by atoms with Crippen LogP contribution < -0.4 is 62.4 Å². The largest absolute Gasteiger partial charge is 1.00 e. The SMILES string of the molecule is CN=C1C=CC(=Nc2ccc(Nc3ccc(Cc4cc(S(=O)(=O)O)c(Nc5ccc(Cc6ccc(N=C7C=CC(=Cc8ccc(Nc9ccccc9)cc8)C=C7)cc6)cc5)cc4O)cc3)cc2)C=C1.Cc1ccc(Cc2ccc(Nc3cc(O)c(Cc4ccc(Nc5ccc(N=C6C=CC(=Nc7ccc(Cc8ccc(Nc9cc(O)c(N)cc9S(=O)(=O)O)cc8)cc7)C=C6)cc5)cc4)cc3S(=O)(=O)O)cc2)cc1.[Cl-].[Cl-]. The van der Waals surface area contributed by atoms with Crippen LogP contribution in [0.15, 0.2) is 452 Å². The lowest BCUT2D eigenvalue weighted by atomic mass is 10.0. The molecule has 0 amide bonds. The van der Waals surface area contributed by atoms with Crippen molar-refractivity contribution in [1.29, 1.82) is 0 Å². The van der Waals surface area contributed by atoms with Crippen LogP contribution in [0.5, 0.6) is 17.2 Å². The van der Waals surface area contributed by atoms with E-state index in [2.05, 4.69) is 121 Å². The Morgan fingerprint density at radius 1 is 0.276 bits per heavy atom. The van der Waals surface area contributed by atoms with Gasteiger partial charge in [-0.2, -0.15) is 25.3 Å². The van der Waals surface area contributed by atoms with E-state index in [9.17, 15) is 54.2 Å². The minimum atomic E-state index is -4.65. The molecule has 24 nitrogen and oxygen atoms in total. The minimum absolute atomic E-state index is 0. The Morgan fingerprint density at radius 2 is 0.517 bits per heavy atom. The fraction of sp³-hybridized carbons (Fsp3) is 0.0603. The molecule has 14 N–H and O–H groups in total. The maximum absolute atomic E-state index is 12.6. The highest BCUT2D eigenvalue weighted by molar-refractivity contribution is 7.86. The molecule has 145 heavy (non-hydrogen) atoms. The van der Waals surface area contributed by atoms with Crippen molar-refractivity contribution in [2.24, 2.45) is 25.0 Å². The van der Waals surface area contributed by atoms with Crippen LogP contribution >= 0.6 is 0 Å². The van der Waals surface area contributed by atoms with Crippen molar-refractivity contribution in [3.63, 3.8) is 0 Å². The average molecular weight is 2020 g/mol. The Morgan fingerprint density at radius 3 is 0.828 bits per heavy atom. The normalized spacial score (nSPS) is 12.5. The first kappa shape index (κ1) is 103. The Kier molecular flexibility index (Phi) is 33.0. The lowest BCUT2D eigenvalue weighted by Crippen LogP contribution is -3.00. The molecule has 0 aliphatic heterocycles. The summed E-state index contributed by atoms with van der Waals surface area (Å²) >= 11 is 0. The number of anilines is 13. The van der Waals surface area contributed by atoms with Crippen molar-refractivity contribution in [3.8, 4) is 17.2 Å². The molecule has 0 radical (unpaired) electrons. The number of phenolic OH excluding ortho intramolecular Hbond substituents is 3. The molecule has 0 spiro atoms. The highest BCUT2D eigenvalue weighted by Gasteiger charge is 2.24. The topological polar surface area (TPSA) is 384 Å². The van der Waals surface area contributed by atoms with Crippen LogP contribution in [0, 0.1) is 6.92 Å². The third-order valence-corrected chi connectivity index (χ3v) is 26.1. The molecule has 3 aliphatic rings. The average Bonchev–Trinajstić information content (AvgIpc) is 0.766. The number of nitrogens with one attached hydrogen (secondary N) is 6. The Balaban J connectivity index is 0.000000215. The third-order valence-electron chi connectivity index (χ3n) is 23.4. The quantitative estimate of drug-likeness (QED) is 0.00860. The van der Waals surface area contributed by atoms with Gasteiger partial charge in [0.2, 0.25) is 0 Å². The molecule has 0 bridgehead atoms. The molecular formula is C116H98Cl2N12O12S3-2. The standard InChI is InChI=1S/C58H50N6O8S2.C58H48N6O4S.2ClH/c1-37-2-4-38(5-3-37)30-40-8-18-50(19-9-40)63-53-35-55(65)43(33-57(53)73(67,68)69)32-42-12-16-45(17-13-42)61-47-24-28-49(29-25-47)62-48-26-22-46(23-27-48)60-44-14-6-39(7-15-44)31-41-10-20-51(21-11-41)64-54-36-56(66)52(59)34-58(54)74(70,71)72;1-59-46-27-29-52(30-28-46)63-54-33-31-53(32-34-54)62-51-23-15-44(16-24-51)37-45-38-58(69(66,67)68)56(39-57(45)65)64-55-25-13-43(14-26-55)36-42-11-21-50(22-12-42)61-49-19-9-41(10-20-49)35-40-7-17-48(18-8-40)60-47-5-3-2-4-6-47;;/h2-29,33-36,61,63-66H,30-32,59H2,1H3,(H,67,68,69)(H,70,71,72);2-35,38-39,60,62,64-65H,36-37H2,1H3,(H,66,67,68);2*1H/p-2. The number of hydrogen-bond acceptors (Lipinski definition) is 21. The summed E-state index contributed by atoms with van der Waals surface area (Å²) in [6.45, 7) is 2.04. The third kappa shape index (κ3) is 28.8. The number of benzene rings is 15. The van der Waals surface area contributed by atoms with Gasteiger partial charge in [-0.25, -0.2) is 20.0 Å². The van der Waals surface area contributed by atoms with Gasteiger partial charge in [-0.1, -0.05) is 157 Å². The van der Waals surface area contributed by atoms with Gasteiger partial charge in [0.15, 0.2) is 0 Å². The second-order valence-electron chi connectivity index (χ2n) is 34.2. The molecule has 0 saturated heterocycles. The van der Waals surface area contributed by atoms with Crippen LogP contribution in [0.2, 0.25) is 0 Å². The molecule has 728 valence electrons. The monoisotopic (exact) mass is 2020 g/mol. The van der Waals surface area contributed by atoms with Crippen molar-refractivity contribution in [3.05, 3.63) is 479 Å². The van der Waals surface area contributed by atoms with Gasteiger partial charge in [-0.05, 0) is 336 Å². The van der Waals surface area contributed by atoms with Gasteiger partial charge in [0, 0.05) is 89.3 Å². The van der Waals surface area contributed by atoms with E-state index < -0.39 is 35.2 Å². The minimum Gasteiger partial charge on any atom is -1.00 e. The van der Waals surface area contributed by atoms with Gasteiger partial charge in [-0.3, -0.25) is 18.7 Å². The summed E-state index contributed by atoms with van der Waals surface area (Å²) in [7, 11) is -12.1. The summed E-state index contributed by atoms with van der Waals surface area (Å²) in [4.78, 5) is 22.0. The van der Waals surface area contributed by atoms with Crippen molar-refractivity contribution in [2.45, 2.75) is 53.7 Å². The molecular weight excluding hydrogens is 1920 g/mol.